The predicted molar refractivity (Wildman–Crippen MR) is 81.1 cm³/mol. The van der Waals surface area contributed by atoms with E-state index in [0.717, 1.165) is 15.7 Å². The molecule has 19 heavy (non-hydrogen) atoms. The number of hydrogen-bond acceptors (Lipinski definition) is 3. The van der Waals surface area contributed by atoms with Crippen LogP contribution in [0.1, 0.15) is 12.6 Å². The summed E-state index contributed by atoms with van der Waals surface area (Å²) in [5.41, 5.74) is 1.43. The minimum absolute atomic E-state index is 0.191. The van der Waals surface area contributed by atoms with E-state index in [4.69, 9.17) is 16.3 Å². The Balaban J connectivity index is 2.53. The van der Waals surface area contributed by atoms with Crippen molar-refractivity contribution in [1.29, 1.82) is 0 Å². The second kappa shape index (κ2) is 6.00. The summed E-state index contributed by atoms with van der Waals surface area (Å²) in [7, 11) is 1.42. The maximum absolute atomic E-state index is 13.7. The lowest BCUT2D eigenvalue weighted by molar-refractivity contribution is 0.386. The lowest BCUT2D eigenvalue weighted by Gasteiger charge is -2.08. The summed E-state index contributed by atoms with van der Waals surface area (Å²) in [6, 6.07) is 4.60. The van der Waals surface area contributed by atoms with Gasteiger partial charge in [0, 0.05) is 5.56 Å². The molecule has 0 fully saturated rings. The van der Waals surface area contributed by atoms with Crippen molar-refractivity contribution in [2.24, 2.45) is 0 Å². The average Bonchev–Trinajstić information content (AvgIpc) is 2.41. The minimum atomic E-state index is -0.448. The van der Waals surface area contributed by atoms with Gasteiger partial charge in [-0.1, -0.05) is 18.5 Å². The molecule has 0 saturated carbocycles. The van der Waals surface area contributed by atoms with Crippen LogP contribution < -0.4 is 4.74 Å². The lowest BCUT2D eigenvalue weighted by Crippen LogP contribution is -2.00. The monoisotopic (exact) mass is 392 g/mol. The van der Waals surface area contributed by atoms with E-state index in [1.54, 1.807) is 12.1 Å². The van der Waals surface area contributed by atoms with Gasteiger partial charge in [0.2, 0.25) is 0 Å². The van der Waals surface area contributed by atoms with Gasteiger partial charge in [0.15, 0.2) is 17.4 Å². The number of ether oxygens (including phenoxy) is 1. The van der Waals surface area contributed by atoms with Crippen molar-refractivity contribution < 1.29 is 9.13 Å². The van der Waals surface area contributed by atoms with Gasteiger partial charge in [0.05, 0.1) is 16.4 Å². The molecule has 0 spiro atoms. The molecule has 0 aliphatic carbocycles. The fourth-order valence-corrected chi connectivity index (χ4v) is 2.44. The highest BCUT2D eigenvalue weighted by molar-refractivity contribution is 14.1. The first-order valence-electron chi connectivity index (χ1n) is 5.62. The molecule has 0 amide bonds. The highest BCUT2D eigenvalue weighted by Gasteiger charge is 2.12. The largest absolute Gasteiger partial charge is 0.494 e. The van der Waals surface area contributed by atoms with E-state index < -0.39 is 5.82 Å². The van der Waals surface area contributed by atoms with Gasteiger partial charge < -0.3 is 4.74 Å². The van der Waals surface area contributed by atoms with Crippen molar-refractivity contribution in [3.05, 3.63) is 38.4 Å². The zero-order chi connectivity index (χ0) is 14.0. The summed E-state index contributed by atoms with van der Waals surface area (Å²) in [5, 5.41) is 0.388. The lowest BCUT2D eigenvalue weighted by atomic mass is 10.2. The summed E-state index contributed by atoms with van der Waals surface area (Å²) in [4.78, 5) is 8.60. The van der Waals surface area contributed by atoms with Gasteiger partial charge in [0.25, 0.3) is 0 Å². The van der Waals surface area contributed by atoms with Crippen LogP contribution in [0.3, 0.4) is 0 Å². The number of halogens is 3. The van der Waals surface area contributed by atoms with Crippen LogP contribution in [0, 0.1) is 9.39 Å². The van der Waals surface area contributed by atoms with E-state index in [-0.39, 0.29) is 5.75 Å². The number of aryl methyl sites for hydroxylation is 1. The van der Waals surface area contributed by atoms with Gasteiger partial charge in [-0.3, -0.25) is 0 Å². The molecule has 2 rings (SSSR count). The Morgan fingerprint density at radius 1 is 1.37 bits per heavy atom. The van der Waals surface area contributed by atoms with Crippen molar-refractivity contribution in [3.63, 3.8) is 0 Å². The van der Waals surface area contributed by atoms with Crippen molar-refractivity contribution in [2.45, 2.75) is 13.3 Å². The third-order valence-electron chi connectivity index (χ3n) is 2.62. The number of aromatic nitrogens is 2. The number of nitrogens with zero attached hydrogens (tertiary/aromatic N) is 2. The topological polar surface area (TPSA) is 35.0 Å². The normalized spacial score (nSPS) is 10.6. The fourth-order valence-electron chi connectivity index (χ4n) is 1.63. The summed E-state index contributed by atoms with van der Waals surface area (Å²) >= 11 is 8.18. The van der Waals surface area contributed by atoms with Crippen LogP contribution in [0.4, 0.5) is 4.39 Å². The van der Waals surface area contributed by atoms with Crippen molar-refractivity contribution in [1.82, 2.24) is 9.97 Å². The number of methoxy groups -OCH3 is 1. The second-order valence-electron chi connectivity index (χ2n) is 3.80. The maximum atomic E-state index is 13.7. The molecule has 6 heteroatoms. The highest BCUT2D eigenvalue weighted by atomic mass is 127. The molecule has 0 radical (unpaired) electrons. The average molecular weight is 393 g/mol. The zero-order valence-electron chi connectivity index (χ0n) is 10.4. The molecule has 3 nitrogen and oxygen atoms in total. The number of hydrogen-bond donors (Lipinski definition) is 0. The van der Waals surface area contributed by atoms with Crippen molar-refractivity contribution in [3.8, 4) is 17.1 Å². The molecule has 1 aromatic heterocycles. The number of benzene rings is 1. The Morgan fingerprint density at radius 2 is 2.11 bits per heavy atom. The predicted octanol–water partition coefficient (Wildman–Crippen LogP) is 4.11. The third kappa shape index (κ3) is 2.97. The molecule has 0 bridgehead atoms. The molecule has 1 heterocycles. The first kappa shape index (κ1) is 14.5. The van der Waals surface area contributed by atoms with Gasteiger partial charge in [0.1, 0.15) is 5.15 Å². The Labute approximate surface area is 129 Å². The van der Waals surface area contributed by atoms with Crippen LogP contribution in [0.5, 0.6) is 5.75 Å². The molecule has 0 aliphatic rings. The molecular weight excluding hydrogens is 382 g/mol. The molecule has 0 atom stereocenters. The first-order valence-corrected chi connectivity index (χ1v) is 7.08. The van der Waals surface area contributed by atoms with Crippen LogP contribution in [0.25, 0.3) is 11.4 Å². The Kier molecular flexibility index (Phi) is 4.57. The molecule has 100 valence electrons. The standard InChI is InChI=1S/C13H11ClFIN2O/c1-3-9-11(16)12(14)18-13(17-9)7-4-5-10(19-2)8(15)6-7/h4-6H,3H2,1-2H3. The van der Waals surface area contributed by atoms with E-state index in [2.05, 4.69) is 32.6 Å². The Morgan fingerprint density at radius 3 is 2.68 bits per heavy atom. The first-order chi connectivity index (χ1) is 9.06. The van der Waals surface area contributed by atoms with Crippen LogP contribution >= 0.6 is 34.2 Å². The van der Waals surface area contributed by atoms with Gasteiger partial charge in [-0.2, -0.15) is 0 Å². The van der Waals surface area contributed by atoms with Gasteiger partial charge >= 0.3 is 0 Å². The Bertz CT molecular complexity index is 622. The van der Waals surface area contributed by atoms with Crippen molar-refractivity contribution in [2.75, 3.05) is 7.11 Å². The van der Waals surface area contributed by atoms with E-state index in [9.17, 15) is 4.39 Å². The van der Waals surface area contributed by atoms with Crippen LogP contribution in [0.2, 0.25) is 5.15 Å². The van der Waals surface area contributed by atoms with E-state index in [0.29, 0.717) is 16.5 Å². The summed E-state index contributed by atoms with van der Waals surface area (Å²) in [5.74, 6) is 0.163. The second-order valence-corrected chi connectivity index (χ2v) is 5.24. The smallest absolute Gasteiger partial charge is 0.165 e. The minimum Gasteiger partial charge on any atom is -0.494 e. The summed E-state index contributed by atoms with van der Waals surface area (Å²) < 4.78 is 19.4. The molecule has 0 N–H and O–H groups in total. The molecule has 0 saturated heterocycles. The van der Waals surface area contributed by atoms with E-state index in [1.807, 2.05) is 6.92 Å². The molecule has 1 aromatic carbocycles. The van der Waals surface area contributed by atoms with E-state index in [1.165, 1.54) is 13.2 Å². The SMILES string of the molecule is CCc1nc(-c2ccc(OC)c(F)c2)nc(Cl)c1I. The third-order valence-corrected chi connectivity index (χ3v) is 4.35. The number of rotatable bonds is 3. The van der Waals surface area contributed by atoms with Gasteiger partial charge in [-0.05, 0) is 47.2 Å². The highest BCUT2D eigenvalue weighted by Crippen LogP contribution is 2.27. The molecule has 0 aliphatic heterocycles. The fraction of sp³-hybridized carbons (Fsp3) is 0.231. The van der Waals surface area contributed by atoms with Crippen LogP contribution in [-0.4, -0.2) is 17.1 Å². The maximum Gasteiger partial charge on any atom is 0.165 e. The summed E-state index contributed by atoms with van der Waals surface area (Å²) in [6.45, 7) is 1.99. The van der Waals surface area contributed by atoms with Crippen molar-refractivity contribution >= 4 is 34.2 Å². The molecule has 0 unspecified atom stereocenters. The quantitative estimate of drug-likeness (QED) is 0.582. The van der Waals surface area contributed by atoms with E-state index >= 15 is 0 Å². The zero-order valence-corrected chi connectivity index (χ0v) is 13.3. The van der Waals surface area contributed by atoms with Gasteiger partial charge in [-0.25, -0.2) is 14.4 Å². The van der Waals surface area contributed by atoms with Crippen LogP contribution in [-0.2, 0) is 6.42 Å². The molecular formula is C13H11ClFIN2O. The van der Waals surface area contributed by atoms with Gasteiger partial charge in [-0.15, -0.1) is 0 Å². The van der Waals surface area contributed by atoms with Crippen LogP contribution in [0.15, 0.2) is 18.2 Å². The summed E-state index contributed by atoms with van der Waals surface area (Å²) in [6.07, 6.45) is 0.742. The molecule has 2 aromatic rings. The Hall–Kier alpha value is -0.950.